The maximum absolute atomic E-state index is 12.3. The van der Waals surface area contributed by atoms with Gasteiger partial charge in [-0.15, -0.1) is 0 Å². The molecule has 134 valence electrons. The van der Waals surface area contributed by atoms with E-state index in [1.165, 1.54) is 12.1 Å². The molecule has 1 N–H and O–H groups in total. The third-order valence-corrected chi connectivity index (χ3v) is 5.23. The number of thiazole rings is 1. The SMILES string of the molecule is O=C(Nc1cccc(OC(F)F)c1)C1CN(c2nc3ccccc3s2)C1. The number of para-hydroxylation sites is 1. The zero-order chi connectivity index (χ0) is 18.1. The van der Waals surface area contributed by atoms with Crippen molar-refractivity contribution in [3.05, 3.63) is 48.5 Å². The van der Waals surface area contributed by atoms with Crippen LogP contribution in [0.2, 0.25) is 0 Å². The number of ether oxygens (including phenoxy) is 1. The van der Waals surface area contributed by atoms with Gasteiger partial charge in [-0.1, -0.05) is 29.5 Å². The van der Waals surface area contributed by atoms with Crippen molar-refractivity contribution in [2.45, 2.75) is 6.61 Å². The first-order valence-corrected chi connectivity index (χ1v) is 8.86. The largest absolute Gasteiger partial charge is 0.435 e. The molecule has 3 aromatic rings. The molecular formula is C18H15F2N3O2S. The van der Waals surface area contributed by atoms with E-state index in [9.17, 15) is 13.6 Å². The Labute approximate surface area is 152 Å². The van der Waals surface area contributed by atoms with Crippen LogP contribution in [0, 0.1) is 5.92 Å². The van der Waals surface area contributed by atoms with Crippen LogP contribution >= 0.6 is 11.3 Å². The van der Waals surface area contributed by atoms with Crippen LogP contribution < -0.4 is 15.0 Å². The molecule has 0 saturated carbocycles. The quantitative estimate of drug-likeness (QED) is 0.733. The number of anilines is 2. The second-order valence-corrected chi connectivity index (χ2v) is 6.97. The molecule has 4 rings (SSSR count). The maximum atomic E-state index is 12.3. The van der Waals surface area contributed by atoms with E-state index >= 15 is 0 Å². The molecule has 1 saturated heterocycles. The van der Waals surface area contributed by atoms with Gasteiger partial charge in [-0.05, 0) is 24.3 Å². The van der Waals surface area contributed by atoms with E-state index in [1.807, 2.05) is 24.3 Å². The number of carbonyl (C=O) groups excluding carboxylic acids is 1. The van der Waals surface area contributed by atoms with Crippen LogP contribution in [0.15, 0.2) is 48.5 Å². The fourth-order valence-electron chi connectivity index (χ4n) is 2.79. The van der Waals surface area contributed by atoms with Crippen molar-refractivity contribution in [3.8, 4) is 5.75 Å². The molecule has 8 heteroatoms. The number of hydrogen-bond donors (Lipinski definition) is 1. The number of hydrogen-bond acceptors (Lipinski definition) is 5. The Kier molecular flexibility index (Phi) is 4.42. The first-order valence-electron chi connectivity index (χ1n) is 8.05. The maximum Gasteiger partial charge on any atom is 0.387 e. The smallest absolute Gasteiger partial charge is 0.387 e. The summed E-state index contributed by atoms with van der Waals surface area (Å²) in [7, 11) is 0. The number of alkyl halides is 2. The minimum Gasteiger partial charge on any atom is -0.435 e. The summed E-state index contributed by atoms with van der Waals surface area (Å²) in [6.07, 6.45) is 0. The number of amides is 1. The highest BCUT2D eigenvalue weighted by Crippen LogP contribution is 2.33. The fourth-order valence-corrected chi connectivity index (χ4v) is 3.77. The van der Waals surface area contributed by atoms with E-state index < -0.39 is 6.61 Å². The minimum absolute atomic E-state index is 0.0162. The first-order chi connectivity index (χ1) is 12.6. The van der Waals surface area contributed by atoms with E-state index in [-0.39, 0.29) is 17.6 Å². The number of aromatic nitrogens is 1. The van der Waals surface area contributed by atoms with Crippen molar-refractivity contribution >= 4 is 38.3 Å². The number of fused-ring (bicyclic) bond motifs is 1. The summed E-state index contributed by atoms with van der Waals surface area (Å²) < 4.78 is 30.0. The van der Waals surface area contributed by atoms with E-state index in [2.05, 4.69) is 19.9 Å². The predicted molar refractivity (Wildman–Crippen MR) is 97.0 cm³/mol. The third kappa shape index (κ3) is 3.45. The minimum atomic E-state index is -2.89. The van der Waals surface area contributed by atoms with Crippen molar-refractivity contribution < 1.29 is 18.3 Å². The molecular weight excluding hydrogens is 360 g/mol. The van der Waals surface area contributed by atoms with Crippen LogP contribution in [0.4, 0.5) is 19.6 Å². The number of nitrogens with zero attached hydrogens (tertiary/aromatic N) is 2. The summed E-state index contributed by atoms with van der Waals surface area (Å²) >= 11 is 1.60. The van der Waals surface area contributed by atoms with Gasteiger partial charge < -0.3 is 15.0 Å². The van der Waals surface area contributed by atoms with Gasteiger partial charge in [0.1, 0.15) is 5.75 Å². The van der Waals surface area contributed by atoms with Gasteiger partial charge in [0.25, 0.3) is 0 Å². The summed E-state index contributed by atoms with van der Waals surface area (Å²) in [5.74, 6) is -0.291. The average molecular weight is 375 g/mol. The number of carbonyl (C=O) groups is 1. The third-order valence-electron chi connectivity index (χ3n) is 4.13. The lowest BCUT2D eigenvalue weighted by Gasteiger charge is -2.37. The molecule has 0 spiro atoms. The second kappa shape index (κ2) is 6.87. The van der Waals surface area contributed by atoms with Crippen LogP contribution in [0.1, 0.15) is 0 Å². The Hall–Kier alpha value is -2.74. The van der Waals surface area contributed by atoms with Gasteiger partial charge in [0.2, 0.25) is 5.91 Å². The number of halogens is 2. The second-order valence-electron chi connectivity index (χ2n) is 5.96. The highest BCUT2D eigenvalue weighted by atomic mass is 32.1. The van der Waals surface area contributed by atoms with Crippen molar-refractivity contribution in [1.29, 1.82) is 0 Å². The van der Waals surface area contributed by atoms with Gasteiger partial charge in [-0.25, -0.2) is 4.98 Å². The van der Waals surface area contributed by atoms with Crippen LogP contribution in [-0.2, 0) is 4.79 Å². The van der Waals surface area contributed by atoms with Gasteiger partial charge in [-0.3, -0.25) is 4.79 Å². The van der Waals surface area contributed by atoms with Gasteiger partial charge in [0.05, 0.1) is 16.1 Å². The van der Waals surface area contributed by atoms with Crippen LogP contribution in [0.25, 0.3) is 10.2 Å². The Bertz CT molecular complexity index is 908. The van der Waals surface area contributed by atoms with Crippen molar-refractivity contribution in [1.82, 2.24) is 4.98 Å². The van der Waals surface area contributed by atoms with Gasteiger partial charge >= 0.3 is 6.61 Å². The predicted octanol–water partition coefficient (Wildman–Crippen LogP) is 3.97. The average Bonchev–Trinajstić information content (AvgIpc) is 2.96. The van der Waals surface area contributed by atoms with Crippen LogP contribution in [0.3, 0.4) is 0 Å². The zero-order valence-corrected chi connectivity index (χ0v) is 14.4. The van der Waals surface area contributed by atoms with Gasteiger partial charge in [0.15, 0.2) is 5.13 Å². The molecule has 5 nitrogen and oxygen atoms in total. The molecule has 0 atom stereocenters. The Morgan fingerprint density at radius 1 is 1.23 bits per heavy atom. The zero-order valence-electron chi connectivity index (χ0n) is 13.6. The summed E-state index contributed by atoms with van der Waals surface area (Å²) in [6, 6.07) is 13.9. The van der Waals surface area contributed by atoms with Crippen molar-refractivity contribution in [2.75, 3.05) is 23.3 Å². The first kappa shape index (κ1) is 16.7. The standard InChI is InChI=1S/C18H15F2N3O2S/c19-17(20)25-13-5-3-4-12(8-13)21-16(24)11-9-23(10-11)18-22-14-6-1-2-7-15(14)26-18/h1-8,11,17H,9-10H2,(H,21,24). The molecule has 2 heterocycles. The highest BCUT2D eigenvalue weighted by molar-refractivity contribution is 7.22. The Balaban J connectivity index is 1.36. The normalized spacial score (nSPS) is 14.5. The molecule has 0 unspecified atom stereocenters. The molecule has 0 aliphatic carbocycles. The summed E-state index contributed by atoms with van der Waals surface area (Å²) in [5.41, 5.74) is 1.39. The Morgan fingerprint density at radius 2 is 2.04 bits per heavy atom. The molecule has 1 amide bonds. The fraction of sp³-hybridized carbons (Fsp3) is 0.222. The lowest BCUT2D eigenvalue weighted by Crippen LogP contribution is -2.52. The molecule has 1 fully saturated rings. The van der Waals surface area contributed by atoms with Crippen LogP contribution in [-0.4, -0.2) is 30.6 Å². The molecule has 0 radical (unpaired) electrons. The molecule has 1 aromatic heterocycles. The molecule has 0 bridgehead atoms. The summed E-state index contributed by atoms with van der Waals surface area (Å²) in [6.45, 7) is -1.73. The molecule has 26 heavy (non-hydrogen) atoms. The van der Waals surface area contributed by atoms with Gasteiger partial charge in [-0.2, -0.15) is 8.78 Å². The lowest BCUT2D eigenvalue weighted by atomic mass is 10.00. The summed E-state index contributed by atoms with van der Waals surface area (Å²) in [5, 5.41) is 3.65. The molecule has 2 aromatic carbocycles. The van der Waals surface area contributed by atoms with Crippen molar-refractivity contribution in [3.63, 3.8) is 0 Å². The van der Waals surface area contributed by atoms with Gasteiger partial charge in [0, 0.05) is 24.8 Å². The Morgan fingerprint density at radius 3 is 2.81 bits per heavy atom. The van der Waals surface area contributed by atoms with Crippen LogP contribution in [0.5, 0.6) is 5.75 Å². The van der Waals surface area contributed by atoms with E-state index in [0.29, 0.717) is 18.8 Å². The molecule has 1 aliphatic heterocycles. The molecule has 1 aliphatic rings. The highest BCUT2D eigenvalue weighted by Gasteiger charge is 2.34. The van der Waals surface area contributed by atoms with E-state index in [4.69, 9.17) is 0 Å². The lowest BCUT2D eigenvalue weighted by molar-refractivity contribution is -0.120. The number of rotatable bonds is 5. The monoisotopic (exact) mass is 375 g/mol. The summed E-state index contributed by atoms with van der Waals surface area (Å²) in [4.78, 5) is 19.0. The van der Waals surface area contributed by atoms with E-state index in [1.54, 1.807) is 23.5 Å². The topological polar surface area (TPSA) is 54.5 Å². The van der Waals surface area contributed by atoms with Crippen molar-refractivity contribution in [2.24, 2.45) is 5.92 Å². The number of nitrogens with one attached hydrogen (secondary N) is 1. The van der Waals surface area contributed by atoms with E-state index in [0.717, 1.165) is 15.3 Å². The number of benzene rings is 2.